The number of fused-ring (bicyclic) bond motifs is 7. The van der Waals surface area contributed by atoms with Crippen LogP contribution in [0.3, 0.4) is 0 Å². The Morgan fingerprint density at radius 1 is 0.853 bits per heavy atom. The summed E-state index contributed by atoms with van der Waals surface area (Å²) in [6.07, 6.45) is 1.98. The van der Waals surface area contributed by atoms with Crippen molar-refractivity contribution in [1.82, 2.24) is 4.90 Å². The SMILES string of the molecule is COc1ccc([C@H]2N3CCC[C@@H]3C3(c4ccccc4-c4ccccc43)C2(C#N)C#N)cc1OC. The zero-order chi connectivity index (χ0) is 23.5. The van der Waals surface area contributed by atoms with Crippen molar-refractivity contribution in [1.29, 1.82) is 10.5 Å². The normalized spacial score (nSPS) is 22.9. The summed E-state index contributed by atoms with van der Waals surface area (Å²) in [5.74, 6) is 1.24. The summed E-state index contributed by atoms with van der Waals surface area (Å²) in [5, 5.41) is 21.9. The van der Waals surface area contributed by atoms with Crippen molar-refractivity contribution in [3.63, 3.8) is 0 Å². The lowest BCUT2D eigenvalue weighted by Gasteiger charge is -2.40. The molecule has 3 aromatic rings. The van der Waals surface area contributed by atoms with E-state index in [9.17, 15) is 10.5 Å². The van der Waals surface area contributed by atoms with E-state index in [0.717, 1.165) is 47.2 Å². The van der Waals surface area contributed by atoms with Gasteiger partial charge in [0.25, 0.3) is 0 Å². The minimum absolute atomic E-state index is 0.0506. The summed E-state index contributed by atoms with van der Waals surface area (Å²) in [6, 6.07) is 27.4. The molecule has 0 radical (unpaired) electrons. The second-order valence-corrected chi connectivity index (χ2v) is 9.34. The maximum atomic E-state index is 11.0. The van der Waals surface area contributed by atoms with Gasteiger partial charge in [-0.25, -0.2) is 0 Å². The minimum atomic E-state index is -1.32. The Balaban J connectivity index is 1.70. The van der Waals surface area contributed by atoms with Crippen molar-refractivity contribution in [2.24, 2.45) is 5.41 Å². The summed E-state index contributed by atoms with van der Waals surface area (Å²) in [5.41, 5.74) is 3.31. The smallest absolute Gasteiger partial charge is 0.178 e. The van der Waals surface area contributed by atoms with Crippen molar-refractivity contribution < 1.29 is 9.47 Å². The Morgan fingerprint density at radius 2 is 1.47 bits per heavy atom. The summed E-state index contributed by atoms with van der Waals surface area (Å²) < 4.78 is 11.1. The average Bonchev–Trinajstić information content (AvgIpc) is 3.55. The summed E-state index contributed by atoms with van der Waals surface area (Å²) in [4.78, 5) is 2.41. The summed E-state index contributed by atoms with van der Waals surface area (Å²) in [6.45, 7) is 0.848. The Kier molecular flexibility index (Phi) is 4.49. The molecule has 2 saturated heterocycles. The van der Waals surface area contributed by atoms with E-state index in [2.05, 4.69) is 41.3 Å². The molecule has 5 heteroatoms. The van der Waals surface area contributed by atoms with Gasteiger partial charge in [-0.1, -0.05) is 54.6 Å². The molecule has 34 heavy (non-hydrogen) atoms. The highest BCUT2D eigenvalue weighted by molar-refractivity contribution is 5.84. The first-order chi connectivity index (χ1) is 16.7. The van der Waals surface area contributed by atoms with Gasteiger partial charge in [-0.2, -0.15) is 10.5 Å². The van der Waals surface area contributed by atoms with E-state index >= 15 is 0 Å². The minimum Gasteiger partial charge on any atom is -0.493 e. The third-order valence-electron chi connectivity index (χ3n) is 8.23. The standard InChI is InChI=1S/C29H25N3O2/c1-33-24-14-13-19(16-25(24)34-2)27-28(17-30,18-31)29(26-12-7-15-32(26)27)22-10-5-3-8-20(22)21-9-4-6-11-23(21)29/h3-6,8-11,13-14,16,26-27H,7,12,15H2,1-2H3/t26-,27-/m1/s1. The second-order valence-electron chi connectivity index (χ2n) is 9.34. The molecule has 2 heterocycles. The number of nitrogens with zero attached hydrogens (tertiary/aromatic N) is 3. The van der Waals surface area contributed by atoms with E-state index in [1.807, 2.05) is 42.5 Å². The summed E-state index contributed by atoms with van der Waals surface area (Å²) in [7, 11) is 3.22. The van der Waals surface area contributed by atoms with Gasteiger partial charge in [-0.15, -0.1) is 0 Å². The van der Waals surface area contributed by atoms with Crippen LogP contribution in [0.25, 0.3) is 11.1 Å². The molecule has 3 aliphatic rings. The Labute approximate surface area is 199 Å². The Morgan fingerprint density at radius 3 is 2.06 bits per heavy atom. The van der Waals surface area contributed by atoms with Crippen LogP contribution >= 0.6 is 0 Å². The van der Waals surface area contributed by atoms with Gasteiger partial charge in [0.15, 0.2) is 16.9 Å². The van der Waals surface area contributed by atoms with Gasteiger partial charge < -0.3 is 9.47 Å². The monoisotopic (exact) mass is 447 g/mol. The van der Waals surface area contributed by atoms with Crippen LogP contribution in [0.1, 0.15) is 35.6 Å². The molecule has 0 saturated carbocycles. The fraction of sp³-hybridized carbons (Fsp3) is 0.310. The van der Waals surface area contributed by atoms with Gasteiger partial charge in [0.2, 0.25) is 0 Å². The number of hydrogen-bond donors (Lipinski definition) is 0. The molecule has 0 N–H and O–H groups in total. The van der Waals surface area contributed by atoms with Crippen molar-refractivity contribution >= 4 is 0 Å². The number of hydrogen-bond acceptors (Lipinski definition) is 5. The van der Waals surface area contributed by atoms with E-state index in [1.165, 1.54) is 0 Å². The molecule has 0 bridgehead atoms. The first-order valence-corrected chi connectivity index (χ1v) is 11.7. The number of ether oxygens (including phenoxy) is 2. The zero-order valence-electron chi connectivity index (χ0n) is 19.3. The molecule has 3 aromatic carbocycles. The highest BCUT2D eigenvalue weighted by Gasteiger charge is 2.74. The third-order valence-corrected chi connectivity index (χ3v) is 8.23. The number of nitriles is 2. The number of rotatable bonds is 3. The van der Waals surface area contributed by atoms with Crippen molar-refractivity contribution in [2.45, 2.75) is 30.3 Å². The van der Waals surface area contributed by atoms with E-state index in [0.29, 0.717) is 11.5 Å². The third kappa shape index (κ3) is 2.25. The van der Waals surface area contributed by atoms with E-state index in [-0.39, 0.29) is 6.04 Å². The molecule has 1 spiro atoms. The zero-order valence-corrected chi connectivity index (χ0v) is 19.3. The lowest BCUT2D eigenvalue weighted by atomic mass is 9.55. The van der Waals surface area contributed by atoms with Crippen LogP contribution in [0.4, 0.5) is 0 Å². The molecule has 0 amide bonds. The van der Waals surface area contributed by atoms with Crippen LogP contribution in [0.5, 0.6) is 11.5 Å². The molecule has 5 nitrogen and oxygen atoms in total. The van der Waals surface area contributed by atoms with Gasteiger partial charge in [0.05, 0.1) is 37.8 Å². The van der Waals surface area contributed by atoms with Gasteiger partial charge in [0.1, 0.15) is 0 Å². The van der Waals surface area contributed by atoms with Crippen molar-refractivity contribution in [2.75, 3.05) is 20.8 Å². The first-order valence-electron chi connectivity index (χ1n) is 11.7. The predicted molar refractivity (Wildman–Crippen MR) is 128 cm³/mol. The maximum absolute atomic E-state index is 11.0. The quantitative estimate of drug-likeness (QED) is 0.550. The predicted octanol–water partition coefficient (Wildman–Crippen LogP) is 5.22. The first kappa shape index (κ1) is 20.8. The topological polar surface area (TPSA) is 69.3 Å². The van der Waals surface area contributed by atoms with E-state index < -0.39 is 16.9 Å². The Bertz CT molecular complexity index is 1320. The molecular formula is C29H25N3O2. The Hall–Kier alpha value is -3.80. The molecule has 6 rings (SSSR count). The summed E-state index contributed by atoms with van der Waals surface area (Å²) >= 11 is 0. The second kappa shape index (κ2) is 7.35. The molecule has 2 aliphatic heterocycles. The average molecular weight is 448 g/mol. The highest BCUT2D eigenvalue weighted by atomic mass is 16.5. The fourth-order valence-corrected chi connectivity index (χ4v) is 7.13. The maximum Gasteiger partial charge on any atom is 0.178 e. The van der Waals surface area contributed by atoms with E-state index in [1.54, 1.807) is 14.2 Å². The van der Waals surface area contributed by atoms with Gasteiger partial charge in [-0.05, 0) is 59.3 Å². The molecule has 2 fully saturated rings. The van der Waals surface area contributed by atoms with Gasteiger partial charge >= 0.3 is 0 Å². The molecule has 0 unspecified atom stereocenters. The largest absolute Gasteiger partial charge is 0.493 e. The highest BCUT2D eigenvalue weighted by Crippen LogP contribution is 2.70. The lowest BCUT2D eigenvalue weighted by Crippen LogP contribution is -2.47. The molecule has 2 atom stereocenters. The number of benzene rings is 3. The fourth-order valence-electron chi connectivity index (χ4n) is 7.13. The van der Waals surface area contributed by atoms with Crippen LogP contribution in [0.2, 0.25) is 0 Å². The van der Waals surface area contributed by atoms with Crippen LogP contribution in [-0.2, 0) is 5.41 Å². The van der Waals surface area contributed by atoms with Crippen LogP contribution in [0.15, 0.2) is 66.7 Å². The molecular weight excluding hydrogens is 422 g/mol. The van der Waals surface area contributed by atoms with E-state index in [4.69, 9.17) is 9.47 Å². The van der Waals surface area contributed by atoms with Crippen LogP contribution in [-0.4, -0.2) is 31.7 Å². The van der Waals surface area contributed by atoms with Gasteiger partial charge in [-0.3, -0.25) is 4.90 Å². The van der Waals surface area contributed by atoms with Crippen molar-refractivity contribution in [3.05, 3.63) is 83.4 Å². The van der Waals surface area contributed by atoms with Crippen molar-refractivity contribution in [3.8, 4) is 34.8 Å². The molecule has 1 aliphatic carbocycles. The number of methoxy groups -OCH3 is 2. The van der Waals surface area contributed by atoms with Crippen LogP contribution in [0, 0.1) is 28.1 Å². The van der Waals surface area contributed by atoms with Gasteiger partial charge in [0, 0.05) is 6.04 Å². The molecule has 168 valence electrons. The molecule has 0 aromatic heterocycles. The van der Waals surface area contributed by atoms with Crippen LogP contribution < -0.4 is 9.47 Å². The lowest BCUT2D eigenvalue weighted by molar-refractivity contribution is 0.220.